The number of nitriles is 1. The van der Waals surface area contributed by atoms with E-state index < -0.39 is 0 Å². The third kappa shape index (κ3) is 3.23. The van der Waals surface area contributed by atoms with Gasteiger partial charge in [-0.3, -0.25) is 9.80 Å². The molecule has 6 heteroatoms. The van der Waals surface area contributed by atoms with Gasteiger partial charge in [-0.2, -0.15) is 5.26 Å². The molecule has 21 heavy (non-hydrogen) atoms. The number of hydrogen-bond donors (Lipinski definition) is 0. The van der Waals surface area contributed by atoms with Gasteiger partial charge in [-0.15, -0.1) is 0 Å². The van der Waals surface area contributed by atoms with Crippen LogP contribution in [0.1, 0.15) is 38.3 Å². The summed E-state index contributed by atoms with van der Waals surface area (Å²) in [7, 11) is 1.92. The molecule has 1 saturated heterocycles. The third-order valence-corrected chi connectivity index (χ3v) is 4.61. The van der Waals surface area contributed by atoms with Crippen molar-refractivity contribution in [2.45, 2.75) is 39.3 Å². The molecule has 116 valence electrons. The first-order chi connectivity index (χ1) is 9.75. The van der Waals surface area contributed by atoms with E-state index in [2.05, 4.69) is 41.6 Å². The van der Waals surface area contributed by atoms with Crippen molar-refractivity contribution in [2.24, 2.45) is 7.05 Å². The normalized spacial score (nSPS) is 19.5. The largest absolute Gasteiger partial charge is 0.332 e. The predicted octanol–water partition coefficient (Wildman–Crippen LogP) is 2.36. The van der Waals surface area contributed by atoms with Gasteiger partial charge in [0, 0.05) is 38.8 Å². The molecule has 0 spiro atoms. The maximum Gasteiger partial charge on any atom is 0.153 e. The highest BCUT2D eigenvalue weighted by atomic mass is 35.5. The van der Waals surface area contributed by atoms with E-state index in [0.29, 0.717) is 5.15 Å². The summed E-state index contributed by atoms with van der Waals surface area (Å²) in [5.74, 6) is 0.837. The lowest BCUT2D eigenvalue weighted by Gasteiger charge is -2.43. The van der Waals surface area contributed by atoms with Crippen molar-refractivity contribution >= 4 is 11.6 Å². The Kier molecular flexibility index (Phi) is 4.62. The number of rotatable bonds is 2. The zero-order valence-electron chi connectivity index (χ0n) is 13.5. The summed E-state index contributed by atoms with van der Waals surface area (Å²) in [5, 5.41) is 10.1. The molecule has 2 heterocycles. The Morgan fingerprint density at radius 2 is 1.81 bits per heavy atom. The molecule has 1 aliphatic rings. The van der Waals surface area contributed by atoms with Crippen LogP contribution in [0.25, 0.3) is 0 Å². The first kappa shape index (κ1) is 16.3. The highest BCUT2D eigenvalue weighted by Crippen LogP contribution is 2.29. The third-order valence-electron chi connectivity index (χ3n) is 4.33. The maximum absolute atomic E-state index is 9.61. The van der Waals surface area contributed by atoms with E-state index in [1.165, 1.54) is 0 Å². The molecule has 0 aromatic carbocycles. The second-order valence-electron chi connectivity index (χ2n) is 6.62. The van der Waals surface area contributed by atoms with E-state index in [9.17, 15) is 5.26 Å². The van der Waals surface area contributed by atoms with Gasteiger partial charge in [0.05, 0.1) is 11.8 Å². The van der Waals surface area contributed by atoms with E-state index in [0.717, 1.165) is 37.7 Å². The van der Waals surface area contributed by atoms with Crippen molar-refractivity contribution in [3.8, 4) is 6.07 Å². The van der Waals surface area contributed by atoms with Crippen molar-refractivity contribution in [1.29, 1.82) is 5.26 Å². The molecule has 0 saturated carbocycles. The Morgan fingerprint density at radius 3 is 2.19 bits per heavy atom. The summed E-state index contributed by atoms with van der Waals surface area (Å²) in [6, 6.07) is 2.07. The number of halogens is 1. The van der Waals surface area contributed by atoms with Crippen LogP contribution in [0.5, 0.6) is 0 Å². The number of hydrogen-bond acceptors (Lipinski definition) is 4. The summed E-state index contributed by atoms with van der Waals surface area (Å²) in [6.45, 7) is 12.3. The van der Waals surface area contributed by atoms with E-state index in [4.69, 9.17) is 11.6 Å². The zero-order valence-corrected chi connectivity index (χ0v) is 14.3. The summed E-state index contributed by atoms with van der Waals surface area (Å²) in [6.07, 6.45) is 0. The minimum Gasteiger partial charge on any atom is -0.332 e. The molecule has 0 bridgehead atoms. The zero-order chi connectivity index (χ0) is 15.8. The SMILES string of the molecule is Cc1nc(Cl)c(C(C#N)N2CCN(C(C)(C)C)CC2)n1C. The van der Waals surface area contributed by atoms with Gasteiger partial charge < -0.3 is 4.57 Å². The smallest absolute Gasteiger partial charge is 0.153 e. The van der Waals surface area contributed by atoms with Crippen LogP contribution in [0.3, 0.4) is 0 Å². The summed E-state index contributed by atoms with van der Waals surface area (Å²) in [5.41, 5.74) is 0.982. The fourth-order valence-electron chi connectivity index (χ4n) is 2.85. The fraction of sp³-hybridized carbons (Fsp3) is 0.733. The van der Waals surface area contributed by atoms with Crippen molar-refractivity contribution in [2.75, 3.05) is 26.2 Å². The van der Waals surface area contributed by atoms with Gasteiger partial charge in [-0.1, -0.05) is 11.6 Å². The molecule has 1 atom stereocenters. The molecule has 5 nitrogen and oxygen atoms in total. The Bertz CT molecular complexity index is 544. The van der Waals surface area contributed by atoms with Gasteiger partial charge in [0.1, 0.15) is 11.9 Å². The van der Waals surface area contributed by atoms with Gasteiger partial charge >= 0.3 is 0 Å². The molecule has 1 aliphatic heterocycles. The molecule has 1 unspecified atom stereocenters. The lowest BCUT2D eigenvalue weighted by atomic mass is 10.0. The van der Waals surface area contributed by atoms with Gasteiger partial charge in [-0.05, 0) is 27.7 Å². The van der Waals surface area contributed by atoms with Crippen LogP contribution in [-0.2, 0) is 7.05 Å². The van der Waals surface area contributed by atoms with E-state index >= 15 is 0 Å². The topological polar surface area (TPSA) is 48.1 Å². The number of aryl methyl sites for hydroxylation is 1. The fourth-order valence-corrected chi connectivity index (χ4v) is 3.20. The molecule has 0 radical (unpaired) electrons. The first-order valence-electron chi connectivity index (χ1n) is 7.33. The molecule has 0 N–H and O–H groups in total. The monoisotopic (exact) mass is 309 g/mol. The van der Waals surface area contributed by atoms with Gasteiger partial charge in [0.2, 0.25) is 0 Å². The van der Waals surface area contributed by atoms with Crippen LogP contribution < -0.4 is 0 Å². The van der Waals surface area contributed by atoms with E-state index in [1.54, 1.807) is 0 Å². The maximum atomic E-state index is 9.61. The molecule has 1 aromatic heterocycles. The van der Waals surface area contributed by atoms with Crippen molar-refractivity contribution < 1.29 is 0 Å². The predicted molar refractivity (Wildman–Crippen MR) is 84.2 cm³/mol. The van der Waals surface area contributed by atoms with Gasteiger partial charge in [-0.25, -0.2) is 4.98 Å². The second-order valence-corrected chi connectivity index (χ2v) is 6.98. The highest BCUT2D eigenvalue weighted by molar-refractivity contribution is 6.30. The Hall–Kier alpha value is -1.09. The Balaban J connectivity index is 2.16. The second kappa shape index (κ2) is 5.96. The minimum atomic E-state index is -0.328. The summed E-state index contributed by atoms with van der Waals surface area (Å²) < 4.78 is 1.92. The lowest BCUT2D eigenvalue weighted by molar-refractivity contribution is 0.0508. The molecule has 0 aliphatic carbocycles. The number of nitrogens with zero attached hydrogens (tertiary/aromatic N) is 5. The summed E-state index contributed by atoms with van der Waals surface area (Å²) in [4.78, 5) is 8.92. The number of aromatic nitrogens is 2. The van der Waals surface area contributed by atoms with Crippen LogP contribution in [-0.4, -0.2) is 51.1 Å². The van der Waals surface area contributed by atoms with Crippen molar-refractivity contribution in [1.82, 2.24) is 19.4 Å². The summed E-state index contributed by atoms with van der Waals surface area (Å²) >= 11 is 6.22. The van der Waals surface area contributed by atoms with Crippen molar-refractivity contribution in [3.63, 3.8) is 0 Å². The minimum absolute atomic E-state index is 0.176. The molecule has 1 aromatic rings. The first-order valence-corrected chi connectivity index (χ1v) is 7.71. The van der Waals surface area contributed by atoms with Gasteiger partial charge in [0.25, 0.3) is 0 Å². The average molecular weight is 310 g/mol. The van der Waals surface area contributed by atoms with Crippen LogP contribution in [0.4, 0.5) is 0 Å². The quantitative estimate of drug-likeness (QED) is 0.841. The van der Waals surface area contributed by atoms with Crippen LogP contribution in [0, 0.1) is 18.3 Å². The average Bonchev–Trinajstić information content (AvgIpc) is 2.66. The van der Waals surface area contributed by atoms with E-state index in [1.807, 2.05) is 18.5 Å². The highest BCUT2D eigenvalue weighted by Gasteiger charge is 2.32. The van der Waals surface area contributed by atoms with Gasteiger partial charge in [0.15, 0.2) is 5.15 Å². The Labute approximate surface area is 132 Å². The number of imidazole rings is 1. The van der Waals surface area contributed by atoms with Crippen molar-refractivity contribution in [3.05, 3.63) is 16.7 Å². The van der Waals surface area contributed by atoms with E-state index in [-0.39, 0.29) is 11.6 Å². The standard InChI is InChI=1S/C15H24ClN5/c1-11-18-14(16)13(19(11)5)12(10-17)20-6-8-21(9-7-20)15(2,3)4/h12H,6-9H2,1-5H3. The molecule has 2 rings (SSSR count). The molecule has 0 amide bonds. The van der Waals surface area contributed by atoms with Crippen LogP contribution in [0.15, 0.2) is 0 Å². The van der Waals surface area contributed by atoms with Crippen LogP contribution >= 0.6 is 11.6 Å². The molecule has 1 fully saturated rings. The molecular formula is C15H24ClN5. The molecular weight excluding hydrogens is 286 g/mol. The van der Waals surface area contributed by atoms with Crippen LogP contribution in [0.2, 0.25) is 5.15 Å². The Morgan fingerprint density at radius 1 is 1.24 bits per heavy atom. The lowest BCUT2D eigenvalue weighted by Crippen LogP contribution is -2.54. The number of piperazine rings is 1.